The van der Waals surface area contributed by atoms with E-state index in [0.29, 0.717) is 11.8 Å². The second-order valence-corrected chi connectivity index (χ2v) is 7.05. The molecule has 2 rings (SSSR count). The van der Waals surface area contributed by atoms with Crippen molar-refractivity contribution in [2.75, 3.05) is 0 Å². The molecule has 4 heteroatoms. The van der Waals surface area contributed by atoms with Gasteiger partial charge in [-0.05, 0) is 43.9 Å². The second-order valence-electron chi connectivity index (χ2n) is 7.05. The molecule has 2 heterocycles. The lowest BCUT2D eigenvalue weighted by atomic mass is 9.96. The summed E-state index contributed by atoms with van der Waals surface area (Å²) in [5.41, 5.74) is 0. The summed E-state index contributed by atoms with van der Waals surface area (Å²) in [6.45, 7) is 8.56. The Bertz CT molecular complexity index is 340. The van der Waals surface area contributed by atoms with Gasteiger partial charge in [0.25, 0.3) is 0 Å². The van der Waals surface area contributed by atoms with Gasteiger partial charge in [-0.15, -0.1) is 0 Å². The highest BCUT2D eigenvalue weighted by Gasteiger charge is 2.33. The van der Waals surface area contributed by atoms with Gasteiger partial charge in [-0.3, -0.25) is 0 Å². The smallest absolute Gasteiger partial charge is 0.337 e. The molecule has 0 aromatic rings. The summed E-state index contributed by atoms with van der Waals surface area (Å²) < 4.78 is 17.3. The van der Waals surface area contributed by atoms with Crippen LogP contribution in [0.5, 0.6) is 0 Å². The van der Waals surface area contributed by atoms with E-state index in [1.54, 1.807) is 0 Å². The van der Waals surface area contributed by atoms with E-state index in [-0.39, 0.29) is 24.5 Å². The van der Waals surface area contributed by atoms with Gasteiger partial charge in [0.1, 0.15) is 0 Å². The van der Waals surface area contributed by atoms with E-state index in [2.05, 4.69) is 27.7 Å². The Hall–Kier alpha value is -0.610. The Morgan fingerprint density at radius 2 is 1.48 bits per heavy atom. The van der Waals surface area contributed by atoms with Crippen molar-refractivity contribution in [3.05, 3.63) is 0 Å². The predicted molar refractivity (Wildman–Crippen MR) is 80.8 cm³/mol. The molecule has 0 aromatic heterocycles. The number of ether oxygens (including phenoxy) is 3. The molecule has 4 atom stereocenters. The molecule has 4 unspecified atom stereocenters. The molecule has 122 valence electrons. The molecule has 0 aromatic carbocycles. The van der Waals surface area contributed by atoms with Crippen LogP contribution in [0.2, 0.25) is 0 Å². The molecule has 0 N–H and O–H groups in total. The Morgan fingerprint density at radius 1 is 0.905 bits per heavy atom. The third-order valence-electron chi connectivity index (χ3n) is 4.55. The quantitative estimate of drug-likeness (QED) is 0.743. The van der Waals surface area contributed by atoms with E-state index in [1.807, 2.05) is 0 Å². The number of carbonyl (C=O) groups excluding carboxylic acids is 1. The first-order chi connectivity index (χ1) is 9.97. The molecule has 0 amide bonds. The average Bonchev–Trinajstić information content (AvgIpc) is 2.47. The highest BCUT2D eigenvalue weighted by Crippen LogP contribution is 2.28. The van der Waals surface area contributed by atoms with Gasteiger partial charge >= 0.3 is 5.97 Å². The highest BCUT2D eigenvalue weighted by molar-refractivity contribution is 5.74. The van der Waals surface area contributed by atoms with Crippen LogP contribution in [0.15, 0.2) is 0 Å². The normalized spacial score (nSPS) is 34.2. The van der Waals surface area contributed by atoms with Crippen molar-refractivity contribution in [3.8, 4) is 0 Å². The molecule has 2 aliphatic rings. The van der Waals surface area contributed by atoms with Gasteiger partial charge in [0.15, 0.2) is 6.10 Å². The van der Waals surface area contributed by atoms with Gasteiger partial charge in [0, 0.05) is 6.42 Å². The van der Waals surface area contributed by atoms with Gasteiger partial charge in [-0.2, -0.15) is 0 Å². The summed E-state index contributed by atoms with van der Waals surface area (Å²) in [6.07, 6.45) is 5.33. The fraction of sp³-hybridized carbons (Fsp3) is 0.941. The van der Waals surface area contributed by atoms with Crippen molar-refractivity contribution in [2.24, 2.45) is 11.8 Å². The van der Waals surface area contributed by atoms with E-state index in [4.69, 9.17) is 14.2 Å². The first-order valence-corrected chi connectivity index (χ1v) is 8.48. The van der Waals surface area contributed by atoms with Gasteiger partial charge in [0.2, 0.25) is 6.29 Å². The molecule has 0 spiro atoms. The van der Waals surface area contributed by atoms with Crippen molar-refractivity contribution in [2.45, 2.75) is 90.8 Å². The van der Waals surface area contributed by atoms with Crippen LogP contribution in [0.4, 0.5) is 0 Å². The number of hydrogen-bond donors (Lipinski definition) is 0. The summed E-state index contributed by atoms with van der Waals surface area (Å²) in [7, 11) is 0. The van der Waals surface area contributed by atoms with Gasteiger partial charge in [0.05, 0.1) is 12.2 Å². The average molecular weight is 298 g/mol. The van der Waals surface area contributed by atoms with Crippen LogP contribution in [-0.4, -0.2) is 30.6 Å². The minimum absolute atomic E-state index is 0.173. The molecule has 0 saturated carbocycles. The van der Waals surface area contributed by atoms with Crippen LogP contribution in [-0.2, 0) is 19.0 Å². The van der Waals surface area contributed by atoms with Crippen LogP contribution >= 0.6 is 0 Å². The number of esters is 1. The Morgan fingerprint density at radius 3 is 2.10 bits per heavy atom. The van der Waals surface area contributed by atoms with E-state index in [9.17, 15) is 4.79 Å². The molecule has 21 heavy (non-hydrogen) atoms. The monoisotopic (exact) mass is 298 g/mol. The predicted octanol–water partition coefficient (Wildman–Crippen LogP) is 3.67. The lowest BCUT2D eigenvalue weighted by Gasteiger charge is -2.34. The van der Waals surface area contributed by atoms with Crippen LogP contribution in [0.3, 0.4) is 0 Å². The fourth-order valence-corrected chi connectivity index (χ4v) is 3.11. The van der Waals surface area contributed by atoms with Gasteiger partial charge in [-0.1, -0.05) is 27.7 Å². The fourth-order valence-electron chi connectivity index (χ4n) is 3.11. The summed E-state index contributed by atoms with van der Waals surface area (Å²) in [4.78, 5) is 12.3. The molecule has 2 aliphatic heterocycles. The van der Waals surface area contributed by atoms with Crippen LogP contribution in [0.1, 0.15) is 66.2 Å². The van der Waals surface area contributed by atoms with Crippen LogP contribution < -0.4 is 0 Å². The maximum Gasteiger partial charge on any atom is 0.337 e. The van der Waals surface area contributed by atoms with Crippen molar-refractivity contribution >= 4 is 5.97 Å². The van der Waals surface area contributed by atoms with Crippen molar-refractivity contribution in [1.82, 2.24) is 0 Å². The largest absolute Gasteiger partial charge is 0.434 e. The molecular formula is C17H30O4. The maximum absolute atomic E-state index is 12.3. The van der Waals surface area contributed by atoms with Crippen molar-refractivity contribution in [1.29, 1.82) is 0 Å². The first kappa shape index (κ1) is 16.8. The molecule has 4 nitrogen and oxygen atoms in total. The van der Waals surface area contributed by atoms with E-state index >= 15 is 0 Å². The van der Waals surface area contributed by atoms with E-state index < -0.39 is 6.10 Å². The second kappa shape index (κ2) is 7.59. The van der Waals surface area contributed by atoms with E-state index in [0.717, 1.165) is 38.5 Å². The lowest BCUT2D eigenvalue weighted by Crippen LogP contribution is -2.41. The van der Waals surface area contributed by atoms with Gasteiger partial charge < -0.3 is 14.2 Å². The topological polar surface area (TPSA) is 44.8 Å². The summed E-state index contributed by atoms with van der Waals surface area (Å²) >= 11 is 0. The Kier molecular flexibility index (Phi) is 6.06. The van der Waals surface area contributed by atoms with Crippen LogP contribution in [0.25, 0.3) is 0 Å². The van der Waals surface area contributed by atoms with Crippen molar-refractivity contribution < 1.29 is 19.0 Å². The summed E-state index contributed by atoms with van der Waals surface area (Å²) in [6, 6.07) is 0. The van der Waals surface area contributed by atoms with Crippen molar-refractivity contribution in [3.63, 3.8) is 0 Å². The Balaban J connectivity index is 1.83. The highest BCUT2D eigenvalue weighted by atomic mass is 16.7. The zero-order valence-electron chi connectivity index (χ0n) is 13.8. The zero-order chi connectivity index (χ0) is 15.4. The van der Waals surface area contributed by atoms with Gasteiger partial charge in [-0.25, -0.2) is 4.79 Å². The molecule has 0 aliphatic carbocycles. The maximum atomic E-state index is 12.3. The molecule has 2 fully saturated rings. The Labute approximate surface area is 128 Å². The SMILES string of the molecule is CC(C)C1CCCC(OC(=O)C2CCCC(C(C)C)O2)O1. The third kappa shape index (κ3) is 4.68. The molecule has 0 bridgehead atoms. The standard InChI is InChI=1S/C17H30O4/c1-11(2)13-7-5-9-15(19-13)17(18)21-16-10-6-8-14(20-16)12(3)4/h11-16H,5-10H2,1-4H3. The minimum atomic E-state index is -0.408. The summed E-state index contributed by atoms with van der Waals surface area (Å²) in [5, 5.41) is 0. The minimum Gasteiger partial charge on any atom is -0.434 e. The number of hydrogen-bond acceptors (Lipinski definition) is 4. The molecule has 0 radical (unpaired) electrons. The van der Waals surface area contributed by atoms with Crippen LogP contribution in [0, 0.1) is 11.8 Å². The number of carbonyl (C=O) groups is 1. The zero-order valence-corrected chi connectivity index (χ0v) is 13.8. The molecular weight excluding hydrogens is 268 g/mol. The lowest BCUT2D eigenvalue weighted by molar-refractivity contribution is -0.221. The summed E-state index contributed by atoms with van der Waals surface area (Å²) in [5.74, 6) is 0.661. The van der Waals surface area contributed by atoms with E-state index in [1.165, 1.54) is 0 Å². The first-order valence-electron chi connectivity index (χ1n) is 8.48. The third-order valence-corrected chi connectivity index (χ3v) is 4.55. The molecule has 2 saturated heterocycles. The number of rotatable bonds is 4.